The van der Waals surface area contributed by atoms with E-state index in [-0.39, 0.29) is 18.6 Å². The van der Waals surface area contributed by atoms with E-state index in [1.165, 1.54) is 5.56 Å². The molecule has 1 aromatic rings. The molecule has 0 aromatic heterocycles. The summed E-state index contributed by atoms with van der Waals surface area (Å²) in [6.45, 7) is 6.09. The number of hydrogen-bond donors (Lipinski definition) is 1. The van der Waals surface area contributed by atoms with Gasteiger partial charge in [0.05, 0.1) is 12.6 Å². The van der Waals surface area contributed by atoms with E-state index >= 15 is 0 Å². The maximum absolute atomic E-state index is 11.3. The van der Waals surface area contributed by atoms with Crippen LogP contribution in [0.15, 0.2) is 30.3 Å². The van der Waals surface area contributed by atoms with Gasteiger partial charge in [0.25, 0.3) is 0 Å². The van der Waals surface area contributed by atoms with E-state index in [0.717, 1.165) is 12.8 Å². The van der Waals surface area contributed by atoms with Crippen molar-refractivity contribution in [3.8, 4) is 0 Å². The Balaban J connectivity index is 2.18. The first-order valence-electron chi connectivity index (χ1n) is 6.54. The van der Waals surface area contributed by atoms with E-state index in [1.807, 2.05) is 32.0 Å². The fraction of sp³-hybridized carbons (Fsp3) is 0.533. The maximum atomic E-state index is 11.3. The fourth-order valence-electron chi connectivity index (χ4n) is 1.69. The normalized spacial score (nSPS) is 12.4. The molecule has 1 N–H and O–H groups in total. The van der Waals surface area contributed by atoms with Gasteiger partial charge in [-0.1, -0.05) is 30.3 Å². The molecule has 1 unspecified atom stereocenters. The highest BCUT2D eigenvalue weighted by atomic mass is 16.5. The quantitative estimate of drug-likeness (QED) is 0.755. The van der Waals surface area contributed by atoms with Gasteiger partial charge < -0.3 is 10.1 Å². The minimum Gasteiger partial charge on any atom is -0.462 e. The van der Waals surface area contributed by atoms with Crippen molar-refractivity contribution in [2.75, 3.05) is 6.54 Å². The summed E-state index contributed by atoms with van der Waals surface area (Å²) < 4.78 is 5.06. The number of ether oxygens (including phenoxy) is 1. The third-order valence-corrected chi connectivity index (χ3v) is 2.67. The van der Waals surface area contributed by atoms with Crippen LogP contribution >= 0.6 is 0 Å². The van der Waals surface area contributed by atoms with Crippen molar-refractivity contribution in [2.24, 2.45) is 0 Å². The molecular formula is C15H23NO2. The summed E-state index contributed by atoms with van der Waals surface area (Å²) in [4.78, 5) is 11.3. The SMILES string of the molecule is CC(CCc1ccccc1)NCC(=O)OC(C)C. The Labute approximate surface area is 110 Å². The van der Waals surface area contributed by atoms with E-state index in [9.17, 15) is 4.79 Å². The van der Waals surface area contributed by atoms with Gasteiger partial charge in [-0.15, -0.1) is 0 Å². The van der Waals surface area contributed by atoms with Gasteiger partial charge in [-0.2, -0.15) is 0 Å². The van der Waals surface area contributed by atoms with E-state index in [1.54, 1.807) is 0 Å². The Morgan fingerprint density at radius 1 is 1.22 bits per heavy atom. The molecule has 0 saturated heterocycles. The summed E-state index contributed by atoms with van der Waals surface area (Å²) in [5, 5.41) is 3.18. The van der Waals surface area contributed by atoms with Crippen molar-refractivity contribution >= 4 is 5.97 Å². The van der Waals surface area contributed by atoms with Crippen LogP contribution < -0.4 is 5.32 Å². The Bertz CT molecular complexity index is 349. The third-order valence-electron chi connectivity index (χ3n) is 2.67. The number of rotatable bonds is 7. The molecule has 18 heavy (non-hydrogen) atoms. The van der Waals surface area contributed by atoms with Crippen LogP contribution in [0.4, 0.5) is 0 Å². The largest absolute Gasteiger partial charge is 0.462 e. The maximum Gasteiger partial charge on any atom is 0.320 e. The topological polar surface area (TPSA) is 38.3 Å². The molecule has 100 valence electrons. The molecule has 0 heterocycles. The monoisotopic (exact) mass is 249 g/mol. The second-order valence-electron chi connectivity index (χ2n) is 4.84. The summed E-state index contributed by atoms with van der Waals surface area (Å²) in [5.41, 5.74) is 1.33. The molecule has 0 amide bonds. The minimum absolute atomic E-state index is 0.0427. The molecular weight excluding hydrogens is 226 g/mol. The number of carbonyl (C=O) groups excluding carboxylic acids is 1. The zero-order valence-electron chi connectivity index (χ0n) is 11.5. The zero-order chi connectivity index (χ0) is 13.4. The van der Waals surface area contributed by atoms with Crippen molar-refractivity contribution in [3.05, 3.63) is 35.9 Å². The van der Waals surface area contributed by atoms with E-state index in [0.29, 0.717) is 6.04 Å². The highest BCUT2D eigenvalue weighted by molar-refractivity contribution is 5.71. The first-order valence-corrected chi connectivity index (χ1v) is 6.54. The number of esters is 1. The van der Waals surface area contributed by atoms with Crippen LogP contribution in [0.1, 0.15) is 32.8 Å². The summed E-state index contributed by atoms with van der Waals surface area (Å²) in [6.07, 6.45) is 1.99. The molecule has 3 heteroatoms. The molecule has 1 atom stereocenters. The highest BCUT2D eigenvalue weighted by Crippen LogP contribution is 2.04. The Hall–Kier alpha value is -1.35. The van der Waals surface area contributed by atoms with Gasteiger partial charge in [0, 0.05) is 6.04 Å². The van der Waals surface area contributed by atoms with Crippen molar-refractivity contribution in [2.45, 2.75) is 45.8 Å². The van der Waals surface area contributed by atoms with Crippen molar-refractivity contribution in [3.63, 3.8) is 0 Å². The third kappa shape index (κ3) is 6.40. The van der Waals surface area contributed by atoms with Crippen LogP contribution in [0.2, 0.25) is 0 Å². The molecule has 0 bridgehead atoms. The fourth-order valence-corrected chi connectivity index (χ4v) is 1.69. The Kier molecular flexibility index (Phi) is 6.44. The Morgan fingerprint density at radius 2 is 1.89 bits per heavy atom. The van der Waals surface area contributed by atoms with Gasteiger partial charge in [-0.25, -0.2) is 0 Å². The number of hydrogen-bond acceptors (Lipinski definition) is 3. The molecule has 0 aliphatic carbocycles. The van der Waals surface area contributed by atoms with Crippen LogP contribution in [0.5, 0.6) is 0 Å². The Morgan fingerprint density at radius 3 is 2.50 bits per heavy atom. The van der Waals surface area contributed by atoms with E-state index in [2.05, 4.69) is 24.4 Å². The molecule has 0 spiro atoms. The lowest BCUT2D eigenvalue weighted by molar-refractivity contribution is -0.146. The first-order chi connectivity index (χ1) is 8.58. The number of benzene rings is 1. The lowest BCUT2D eigenvalue weighted by Gasteiger charge is -2.14. The van der Waals surface area contributed by atoms with Crippen molar-refractivity contribution in [1.29, 1.82) is 0 Å². The summed E-state index contributed by atoms with van der Waals surface area (Å²) >= 11 is 0. The van der Waals surface area contributed by atoms with Crippen molar-refractivity contribution < 1.29 is 9.53 Å². The predicted molar refractivity (Wildman–Crippen MR) is 73.5 cm³/mol. The van der Waals surface area contributed by atoms with Crippen LogP contribution in [0.3, 0.4) is 0 Å². The molecule has 0 aliphatic heterocycles. The summed E-state index contributed by atoms with van der Waals surface area (Å²) in [5.74, 6) is -0.184. The lowest BCUT2D eigenvalue weighted by Crippen LogP contribution is -2.33. The summed E-state index contributed by atoms with van der Waals surface area (Å²) in [7, 11) is 0. The average Bonchev–Trinajstić information content (AvgIpc) is 2.34. The standard InChI is InChI=1S/C15H23NO2/c1-12(2)18-15(17)11-16-13(3)9-10-14-7-5-4-6-8-14/h4-8,12-13,16H,9-11H2,1-3H3. The number of carbonyl (C=O) groups is 1. The lowest BCUT2D eigenvalue weighted by atomic mass is 10.1. The first kappa shape index (κ1) is 14.7. The van der Waals surface area contributed by atoms with E-state index in [4.69, 9.17) is 4.74 Å². The van der Waals surface area contributed by atoms with Crippen LogP contribution in [-0.2, 0) is 16.0 Å². The second kappa shape index (κ2) is 7.88. The molecule has 0 saturated carbocycles. The minimum atomic E-state index is -0.184. The van der Waals surface area contributed by atoms with Gasteiger partial charge in [0.2, 0.25) is 0 Å². The highest BCUT2D eigenvalue weighted by Gasteiger charge is 2.08. The summed E-state index contributed by atoms with van der Waals surface area (Å²) in [6, 6.07) is 10.7. The molecule has 3 nitrogen and oxygen atoms in total. The number of aryl methyl sites for hydroxylation is 1. The smallest absolute Gasteiger partial charge is 0.320 e. The van der Waals surface area contributed by atoms with Gasteiger partial charge in [-0.3, -0.25) is 4.79 Å². The van der Waals surface area contributed by atoms with Gasteiger partial charge >= 0.3 is 5.97 Å². The molecule has 0 aliphatic rings. The van der Waals surface area contributed by atoms with Gasteiger partial charge in [0.15, 0.2) is 0 Å². The predicted octanol–water partition coefficient (Wildman–Crippen LogP) is 2.55. The van der Waals surface area contributed by atoms with Crippen molar-refractivity contribution in [1.82, 2.24) is 5.32 Å². The van der Waals surface area contributed by atoms with E-state index < -0.39 is 0 Å². The molecule has 1 aromatic carbocycles. The zero-order valence-corrected chi connectivity index (χ0v) is 11.5. The van der Waals surface area contributed by atoms with Gasteiger partial charge in [-0.05, 0) is 39.2 Å². The average molecular weight is 249 g/mol. The molecule has 0 fully saturated rings. The second-order valence-corrected chi connectivity index (χ2v) is 4.84. The van der Waals surface area contributed by atoms with Crippen LogP contribution in [0.25, 0.3) is 0 Å². The van der Waals surface area contributed by atoms with Crippen LogP contribution in [-0.4, -0.2) is 24.7 Å². The molecule has 1 rings (SSSR count). The molecule has 0 radical (unpaired) electrons. The van der Waals surface area contributed by atoms with Gasteiger partial charge in [0.1, 0.15) is 0 Å². The number of nitrogens with one attached hydrogen (secondary N) is 1. The van der Waals surface area contributed by atoms with Crippen LogP contribution in [0, 0.1) is 0 Å².